The normalized spacial score (nSPS) is 11.3. The number of fused-ring (bicyclic) bond motifs is 3. The van der Waals surface area contributed by atoms with Crippen molar-refractivity contribution < 1.29 is 0 Å². The van der Waals surface area contributed by atoms with E-state index >= 15 is 0 Å². The van der Waals surface area contributed by atoms with E-state index in [1.54, 1.807) is 6.07 Å². The van der Waals surface area contributed by atoms with Crippen molar-refractivity contribution in [3.8, 4) is 33.9 Å². The van der Waals surface area contributed by atoms with Crippen molar-refractivity contribution in [2.45, 2.75) is 6.54 Å². The van der Waals surface area contributed by atoms with Gasteiger partial charge in [-0.1, -0.05) is 54.6 Å². The molecule has 0 aliphatic heterocycles. The summed E-state index contributed by atoms with van der Waals surface area (Å²) in [4.78, 5) is 16.5. The van der Waals surface area contributed by atoms with Gasteiger partial charge in [0.1, 0.15) is 5.69 Å². The summed E-state index contributed by atoms with van der Waals surface area (Å²) < 4.78 is 1.86. The molecule has 6 rings (SSSR count). The van der Waals surface area contributed by atoms with Crippen molar-refractivity contribution in [2.24, 2.45) is 5.73 Å². The number of nitrogens with two attached hydrogens (primary N) is 1. The van der Waals surface area contributed by atoms with Crippen molar-refractivity contribution in [1.82, 2.24) is 29.8 Å². The van der Waals surface area contributed by atoms with E-state index in [1.807, 2.05) is 47.0 Å². The Bertz CT molecular complexity index is 1680. The van der Waals surface area contributed by atoms with Gasteiger partial charge >= 0.3 is 0 Å². The third-order valence-corrected chi connectivity index (χ3v) is 5.83. The van der Waals surface area contributed by atoms with Gasteiger partial charge in [0, 0.05) is 35.3 Å². The van der Waals surface area contributed by atoms with E-state index in [1.165, 1.54) is 6.07 Å². The number of nitrogens with zero attached hydrogens (tertiary/aromatic N) is 5. The number of nitrogens with one attached hydrogen (secondary N) is 1. The van der Waals surface area contributed by atoms with Gasteiger partial charge in [0.25, 0.3) is 5.56 Å². The van der Waals surface area contributed by atoms with E-state index in [-0.39, 0.29) is 5.56 Å². The molecular weight excluding hydrogens is 426 g/mol. The average Bonchev–Trinajstić information content (AvgIpc) is 3.33. The lowest BCUT2D eigenvalue weighted by molar-refractivity contribution is 0.969. The zero-order valence-electron chi connectivity index (χ0n) is 18.0. The van der Waals surface area contributed by atoms with E-state index in [0.29, 0.717) is 23.7 Å². The Hall–Kier alpha value is -4.69. The predicted octanol–water partition coefficient (Wildman–Crippen LogP) is 3.82. The molecule has 34 heavy (non-hydrogen) atoms. The average molecular weight is 445 g/mol. The van der Waals surface area contributed by atoms with E-state index in [9.17, 15) is 4.79 Å². The number of hydrogen-bond acceptors (Lipinski definition) is 6. The van der Waals surface area contributed by atoms with Crippen molar-refractivity contribution >= 4 is 16.6 Å². The van der Waals surface area contributed by atoms with Crippen LogP contribution in [-0.4, -0.2) is 29.8 Å². The Morgan fingerprint density at radius 3 is 2.44 bits per heavy atom. The monoisotopic (exact) mass is 445 g/mol. The van der Waals surface area contributed by atoms with Gasteiger partial charge in [0.15, 0.2) is 11.5 Å². The Morgan fingerprint density at radius 1 is 0.882 bits per heavy atom. The van der Waals surface area contributed by atoms with Gasteiger partial charge in [0.2, 0.25) is 0 Å². The van der Waals surface area contributed by atoms with Crippen LogP contribution in [-0.2, 0) is 6.54 Å². The smallest absolute Gasteiger partial charge is 0.264 e. The predicted molar refractivity (Wildman–Crippen MR) is 131 cm³/mol. The van der Waals surface area contributed by atoms with Crippen molar-refractivity contribution in [1.29, 1.82) is 0 Å². The van der Waals surface area contributed by atoms with Crippen molar-refractivity contribution in [3.63, 3.8) is 0 Å². The topological polar surface area (TPSA) is 115 Å². The zero-order chi connectivity index (χ0) is 23.1. The number of rotatable bonds is 4. The Balaban J connectivity index is 1.60. The highest BCUT2D eigenvalue weighted by Gasteiger charge is 2.17. The van der Waals surface area contributed by atoms with E-state index in [4.69, 9.17) is 10.7 Å². The molecule has 0 spiro atoms. The van der Waals surface area contributed by atoms with E-state index in [2.05, 4.69) is 50.7 Å². The fraction of sp³-hybridized carbons (Fsp3) is 0.0385. The molecule has 0 saturated heterocycles. The molecular formula is C26H19N7O. The lowest BCUT2D eigenvalue weighted by atomic mass is 9.97. The molecule has 8 nitrogen and oxygen atoms in total. The summed E-state index contributed by atoms with van der Waals surface area (Å²) in [5.41, 5.74) is 12.5. The first-order valence-electron chi connectivity index (χ1n) is 10.8. The van der Waals surface area contributed by atoms with Gasteiger partial charge < -0.3 is 5.73 Å². The largest absolute Gasteiger partial charge is 0.326 e. The van der Waals surface area contributed by atoms with Crippen LogP contribution < -0.4 is 11.3 Å². The lowest BCUT2D eigenvalue weighted by Gasteiger charge is -2.12. The third-order valence-electron chi connectivity index (χ3n) is 5.83. The number of pyridine rings is 2. The summed E-state index contributed by atoms with van der Waals surface area (Å²) in [6.45, 7) is 0.494. The summed E-state index contributed by atoms with van der Waals surface area (Å²) >= 11 is 0. The van der Waals surface area contributed by atoms with Crippen LogP contribution in [0.1, 0.15) is 5.56 Å². The van der Waals surface area contributed by atoms with Gasteiger partial charge in [0.05, 0.1) is 11.2 Å². The standard InChI is InChI=1S/C26H19N7O/c27-15-16-6-8-18(9-7-16)24-19(17-4-2-1-3-5-17)14-20-21(28-24)12-13-33-25(20)31-32-26(33)22-10-11-23(34)30-29-22/h1-14H,15,27H2,(H,30,34). The van der Waals surface area contributed by atoms with Crippen LogP contribution in [0.25, 0.3) is 50.5 Å². The summed E-state index contributed by atoms with van der Waals surface area (Å²) in [5, 5.41) is 16.2. The van der Waals surface area contributed by atoms with Gasteiger partial charge in [-0.3, -0.25) is 9.20 Å². The van der Waals surface area contributed by atoms with Crippen LogP contribution in [0.15, 0.2) is 89.9 Å². The maximum Gasteiger partial charge on any atom is 0.264 e. The molecule has 8 heteroatoms. The first-order valence-corrected chi connectivity index (χ1v) is 10.8. The molecule has 2 aromatic carbocycles. The minimum Gasteiger partial charge on any atom is -0.326 e. The number of hydrogen-bond donors (Lipinski definition) is 2. The minimum atomic E-state index is -0.272. The molecule has 0 aliphatic rings. The summed E-state index contributed by atoms with van der Waals surface area (Å²) in [6.07, 6.45) is 1.87. The minimum absolute atomic E-state index is 0.272. The molecule has 0 bridgehead atoms. The molecule has 4 aromatic heterocycles. The molecule has 0 fully saturated rings. The quantitative estimate of drug-likeness (QED) is 0.426. The van der Waals surface area contributed by atoms with Crippen LogP contribution in [0.5, 0.6) is 0 Å². The summed E-state index contributed by atoms with van der Waals surface area (Å²) in [5.74, 6) is 0.538. The highest BCUT2D eigenvalue weighted by molar-refractivity contribution is 5.98. The number of aromatic amines is 1. The van der Waals surface area contributed by atoms with Gasteiger partial charge in [-0.05, 0) is 29.3 Å². The van der Waals surface area contributed by atoms with Crippen molar-refractivity contribution in [3.05, 3.63) is 101 Å². The Kier molecular flexibility index (Phi) is 4.71. The highest BCUT2D eigenvalue weighted by atomic mass is 16.1. The molecule has 6 aromatic rings. The first kappa shape index (κ1) is 20.0. The molecule has 0 atom stereocenters. The molecule has 4 heterocycles. The summed E-state index contributed by atoms with van der Waals surface area (Å²) in [6, 6.07) is 25.4. The molecule has 3 N–H and O–H groups in total. The molecule has 0 saturated carbocycles. The molecule has 0 aliphatic carbocycles. The van der Waals surface area contributed by atoms with Gasteiger partial charge in [-0.2, -0.15) is 5.10 Å². The molecule has 164 valence electrons. The second-order valence-corrected chi connectivity index (χ2v) is 7.92. The number of H-pyrrole nitrogens is 1. The number of aromatic nitrogens is 6. The maximum absolute atomic E-state index is 11.4. The van der Waals surface area contributed by atoms with Crippen LogP contribution >= 0.6 is 0 Å². The van der Waals surface area contributed by atoms with Gasteiger partial charge in [-0.15, -0.1) is 10.2 Å². The van der Waals surface area contributed by atoms with Crippen LogP contribution in [0.2, 0.25) is 0 Å². The number of benzene rings is 2. The van der Waals surface area contributed by atoms with Gasteiger partial charge in [-0.25, -0.2) is 10.1 Å². The third kappa shape index (κ3) is 3.33. The molecule has 0 radical (unpaired) electrons. The Labute approximate surface area is 193 Å². The molecule has 0 unspecified atom stereocenters. The Morgan fingerprint density at radius 2 is 1.71 bits per heavy atom. The zero-order valence-corrected chi connectivity index (χ0v) is 18.0. The second kappa shape index (κ2) is 8.02. The SMILES string of the molecule is NCc1ccc(-c2nc3ccn4c(-c5ccc(=O)[nH]n5)nnc4c3cc2-c2ccccc2)cc1. The van der Waals surface area contributed by atoms with Crippen LogP contribution in [0.3, 0.4) is 0 Å². The fourth-order valence-corrected chi connectivity index (χ4v) is 4.10. The second-order valence-electron chi connectivity index (χ2n) is 7.92. The lowest BCUT2D eigenvalue weighted by Crippen LogP contribution is -2.06. The van der Waals surface area contributed by atoms with E-state index in [0.717, 1.165) is 38.9 Å². The first-order chi connectivity index (χ1) is 16.7. The van der Waals surface area contributed by atoms with Crippen LogP contribution in [0, 0.1) is 0 Å². The summed E-state index contributed by atoms with van der Waals surface area (Å²) in [7, 11) is 0. The molecule has 0 amide bonds. The fourth-order valence-electron chi connectivity index (χ4n) is 4.10. The van der Waals surface area contributed by atoms with Crippen molar-refractivity contribution in [2.75, 3.05) is 0 Å². The highest BCUT2D eigenvalue weighted by Crippen LogP contribution is 2.35. The maximum atomic E-state index is 11.4. The van der Waals surface area contributed by atoms with E-state index < -0.39 is 0 Å². The van der Waals surface area contributed by atoms with Crippen LogP contribution in [0.4, 0.5) is 0 Å².